The number of carbonyl (C=O) groups excluding carboxylic acids is 1. The Morgan fingerprint density at radius 2 is 2.27 bits per heavy atom. The van der Waals surface area contributed by atoms with E-state index in [1.807, 2.05) is 0 Å². The largest absolute Gasteiger partial charge is 0.387 e. The van der Waals surface area contributed by atoms with Crippen LogP contribution in [0.5, 0.6) is 0 Å². The van der Waals surface area contributed by atoms with E-state index < -0.39 is 11.7 Å². The molecule has 1 amide bonds. The number of nitrogens with two attached hydrogens (primary N) is 1. The highest BCUT2D eigenvalue weighted by Gasteiger charge is 2.10. The average Bonchev–Trinajstić information content (AvgIpc) is 2.16. The number of nitrogens with one attached hydrogen (secondary N) is 2. The van der Waals surface area contributed by atoms with Crippen LogP contribution in [0.4, 0.5) is 10.1 Å². The van der Waals surface area contributed by atoms with Gasteiger partial charge in [0.1, 0.15) is 5.82 Å². The lowest BCUT2D eigenvalue weighted by molar-refractivity contribution is -0.116. The maximum absolute atomic E-state index is 12.9. The summed E-state index contributed by atoms with van der Waals surface area (Å²) in [7, 11) is 1.62. The summed E-state index contributed by atoms with van der Waals surface area (Å²) in [6, 6.07) is 3.96. The highest BCUT2D eigenvalue weighted by atomic mass is 19.1. The number of benzene rings is 1. The van der Waals surface area contributed by atoms with Gasteiger partial charge in [0.25, 0.3) is 0 Å². The van der Waals surface area contributed by atoms with E-state index in [1.165, 1.54) is 18.2 Å². The van der Waals surface area contributed by atoms with E-state index >= 15 is 0 Å². The molecule has 1 aromatic rings. The van der Waals surface area contributed by atoms with E-state index in [1.54, 1.807) is 7.05 Å². The van der Waals surface area contributed by atoms with Gasteiger partial charge >= 0.3 is 0 Å². The standard InChI is InChI=1S/C10H12FN3O/c1-14-9-4-6(11)2-3-7(9)8(12)5-10(13)15/h2-4,12,14H,5H2,1H3,(H2,13,15). The third kappa shape index (κ3) is 2.77. The molecule has 0 bridgehead atoms. The Hall–Kier alpha value is -1.91. The van der Waals surface area contributed by atoms with Crippen LogP contribution < -0.4 is 11.1 Å². The van der Waals surface area contributed by atoms with Crippen LogP contribution in [-0.4, -0.2) is 18.7 Å². The molecule has 4 N–H and O–H groups in total. The second-order valence-electron chi connectivity index (χ2n) is 3.06. The molecule has 80 valence electrons. The van der Waals surface area contributed by atoms with Crippen LogP contribution in [0.1, 0.15) is 12.0 Å². The van der Waals surface area contributed by atoms with E-state index in [9.17, 15) is 9.18 Å². The van der Waals surface area contributed by atoms with E-state index in [0.717, 1.165) is 0 Å². The number of anilines is 1. The normalized spacial score (nSPS) is 9.73. The molecule has 0 heterocycles. The van der Waals surface area contributed by atoms with Crippen molar-refractivity contribution >= 4 is 17.3 Å². The van der Waals surface area contributed by atoms with Gasteiger partial charge in [0.15, 0.2) is 0 Å². The molecule has 4 nitrogen and oxygen atoms in total. The van der Waals surface area contributed by atoms with E-state index in [-0.39, 0.29) is 12.1 Å². The zero-order chi connectivity index (χ0) is 11.4. The monoisotopic (exact) mass is 209 g/mol. The molecule has 1 rings (SSSR count). The minimum atomic E-state index is -0.577. The topological polar surface area (TPSA) is 79.0 Å². The van der Waals surface area contributed by atoms with Gasteiger partial charge in [0.2, 0.25) is 5.91 Å². The van der Waals surface area contributed by atoms with Gasteiger partial charge in [-0.3, -0.25) is 4.79 Å². The predicted octanol–water partition coefficient (Wildman–Crippen LogP) is 1.11. The van der Waals surface area contributed by atoms with Gasteiger partial charge in [0, 0.05) is 24.0 Å². The lowest BCUT2D eigenvalue weighted by Crippen LogP contribution is -2.17. The first-order valence-corrected chi connectivity index (χ1v) is 4.38. The van der Waals surface area contributed by atoms with Crippen molar-refractivity contribution in [2.24, 2.45) is 5.73 Å². The highest BCUT2D eigenvalue weighted by molar-refractivity contribution is 6.11. The summed E-state index contributed by atoms with van der Waals surface area (Å²) >= 11 is 0. The van der Waals surface area contributed by atoms with E-state index in [0.29, 0.717) is 11.3 Å². The molecular formula is C10H12FN3O. The molecule has 0 unspecified atom stereocenters. The fourth-order valence-electron chi connectivity index (χ4n) is 1.26. The molecule has 0 saturated carbocycles. The molecule has 0 spiro atoms. The first-order chi connectivity index (χ1) is 7.04. The van der Waals surface area contributed by atoms with Crippen molar-refractivity contribution in [1.82, 2.24) is 0 Å². The molecule has 0 atom stereocenters. The zero-order valence-electron chi connectivity index (χ0n) is 8.30. The minimum absolute atomic E-state index is 0.0758. The summed E-state index contributed by atoms with van der Waals surface area (Å²) in [4.78, 5) is 10.6. The summed E-state index contributed by atoms with van der Waals surface area (Å²) in [5.41, 5.74) is 6.01. The van der Waals surface area contributed by atoms with Crippen LogP contribution in [0.3, 0.4) is 0 Å². The fourth-order valence-corrected chi connectivity index (χ4v) is 1.26. The Balaban J connectivity index is 3.02. The fraction of sp³-hybridized carbons (Fsp3) is 0.200. The predicted molar refractivity (Wildman–Crippen MR) is 56.6 cm³/mol. The maximum atomic E-state index is 12.9. The van der Waals surface area contributed by atoms with Crippen molar-refractivity contribution < 1.29 is 9.18 Å². The second kappa shape index (κ2) is 4.54. The summed E-state index contributed by atoms with van der Waals surface area (Å²) in [5, 5.41) is 10.4. The molecule has 15 heavy (non-hydrogen) atoms. The lowest BCUT2D eigenvalue weighted by atomic mass is 10.0. The third-order valence-electron chi connectivity index (χ3n) is 1.93. The van der Waals surface area contributed by atoms with E-state index in [4.69, 9.17) is 11.1 Å². The molecule has 5 heteroatoms. The van der Waals surface area contributed by atoms with E-state index in [2.05, 4.69) is 5.32 Å². The summed E-state index contributed by atoms with van der Waals surface area (Å²) in [6.45, 7) is 0. The SMILES string of the molecule is CNc1cc(F)ccc1C(=N)CC(N)=O. The minimum Gasteiger partial charge on any atom is -0.387 e. The first kappa shape index (κ1) is 11.2. The maximum Gasteiger partial charge on any atom is 0.223 e. The summed E-state index contributed by atoms with van der Waals surface area (Å²) in [6.07, 6.45) is -0.152. The van der Waals surface area contributed by atoms with Gasteiger partial charge in [-0.25, -0.2) is 4.39 Å². The molecule has 0 fully saturated rings. The Morgan fingerprint density at radius 3 is 2.80 bits per heavy atom. The van der Waals surface area contributed by atoms with Gasteiger partial charge in [-0.05, 0) is 18.2 Å². The van der Waals surface area contributed by atoms with Crippen LogP contribution in [0.25, 0.3) is 0 Å². The number of rotatable bonds is 4. The van der Waals surface area contributed by atoms with Crippen LogP contribution in [0.15, 0.2) is 18.2 Å². The Kier molecular flexibility index (Phi) is 3.38. The quantitative estimate of drug-likeness (QED) is 0.649. The average molecular weight is 209 g/mol. The van der Waals surface area contributed by atoms with Crippen molar-refractivity contribution in [3.05, 3.63) is 29.6 Å². The molecule has 1 aromatic carbocycles. The van der Waals surface area contributed by atoms with Gasteiger partial charge in [-0.2, -0.15) is 0 Å². The van der Waals surface area contributed by atoms with Gasteiger partial charge in [0.05, 0.1) is 6.42 Å². The summed E-state index contributed by atoms with van der Waals surface area (Å²) in [5.74, 6) is -0.971. The Morgan fingerprint density at radius 1 is 1.60 bits per heavy atom. The number of halogens is 1. The molecule has 0 radical (unpaired) electrons. The number of amides is 1. The van der Waals surface area contributed by atoms with Crippen molar-refractivity contribution in [3.63, 3.8) is 0 Å². The number of hydrogen-bond donors (Lipinski definition) is 3. The highest BCUT2D eigenvalue weighted by Crippen LogP contribution is 2.18. The van der Waals surface area contributed by atoms with Gasteiger partial charge < -0.3 is 16.5 Å². The molecule has 0 aliphatic carbocycles. The molecular weight excluding hydrogens is 197 g/mol. The van der Waals surface area contributed by atoms with Crippen LogP contribution in [0, 0.1) is 11.2 Å². The second-order valence-corrected chi connectivity index (χ2v) is 3.06. The van der Waals surface area contributed by atoms with Gasteiger partial charge in [-0.1, -0.05) is 0 Å². The Labute approximate surface area is 86.8 Å². The molecule has 0 aromatic heterocycles. The van der Waals surface area contributed by atoms with Crippen molar-refractivity contribution in [2.45, 2.75) is 6.42 Å². The molecule has 0 aliphatic rings. The summed E-state index contributed by atoms with van der Waals surface area (Å²) < 4.78 is 12.9. The van der Waals surface area contributed by atoms with Gasteiger partial charge in [-0.15, -0.1) is 0 Å². The zero-order valence-corrected chi connectivity index (χ0v) is 8.30. The number of carbonyl (C=O) groups is 1. The first-order valence-electron chi connectivity index (χ1n) is 4.38. The lowest BCUT2D eigenvalue weighted by Gasteiger charge is -2.09. The van der Waals surface area contributed by atoms with Crippen molar-refractivity contribution in [2.75, 3.05) is 12.4 Å². The number of primary amides is 1. The van der Waals surface area contributed by atoms with Crippen LogP contribution >= 0.6 is 0 Å². The molecule has 0 aliphatic heterocycles. The smallest absolute Gasteiger partial charge is 0.223 e. The van der Waals surface area contributed by atoms with Crippen molar-refractivity contribution in [1.29, 1.82) is 5.41 Å². The van der Waals surface area contributed by atoms with Crippen LogP contribution in [0.2, 0.25) is 0 Å². The van der Waals surface area contributed by atoms with Crippen LogP contribution in [-0.2, 0) is 4.79 Å². The third-order valence-corrected chi connectivity index (χ3v) is 1.93. The van der Waals surface area contributed by atoms with Crippen molar-refractivity contribution in [3.8, 4) is 0 Å². The Bertz CT molecular complexity index is 404. The molecule has 0 saturated heterocycles. The number of hydrogen-bond acceptors (Lipinski definition) is 3.